The lowest BCUT2D eigenvalue weighted by molar-refractivity contribution is -0.0249. The number of oxazole rings is 1. The zero-order chi connectivity index (χ0) is 24.9. The van der Waals surface area contributed by atoms with E-state index >= 15 is 0 Å². The zero-order valence-corrected chi connectivity index (χ0v) is 19.1. The molecule has 1 aliphatic rings. The van der Waals surface area contributed by atoms with Crippen molar-refractivity contribution in [2.45, 2.75) is 19.3 Å². The van der Waals surface area contributed by atoms with E-state index in [0.717, 1.165) is 11.8 Å². The number of aromatic nitrogens is 5. The number of carboxylic acid groups (broad SMARTS) is 1. The molecule has 12 heteroatoms. The summed E-state index contributed by atoms with van der Waals surface area (Å²) in [5.41, 5.74) is 1.71. The Bertz CT molecular complexity index is 1340. The predicted octanol–water partition coefficient (Wildman–Crippen LogP) is 2.20. The van der Waals surface area contributed by atoms with Gasteiger partial charge in [0.2, 0.25) is 5.89 Å². The summed E-state index contributed by atoms with van der Waals surface area (Å²) in [6.07, 6.45) is 3.79. The minimum absolute atomic E-state index is 0.109. The molecule has 0 spiro atoms. The molecule has 0 radical (unpaired) electrons. The molecule has 4 aromatic rings. The van der Waals surface area contributed by atoms with Crippen LogP contribution in [0.25, 0.3) is 0 Å². The topological polar surface area (TPSA) is 146 Å². The second-order valence-corrected chi connectivity index (χ2v) is 8.04. The molecule has 1 N–H and O–H groups in total. The quantitative estimate of drug-likeness (QED) is 0.390. The largest absolute Gasteiger partial charge is 0.487 e. The normalized spacial score (nSPS) is 15.6. The summed E-state index contributed by atoms with van der Waals surface area (Å²) in [4.78, 5) is 33.8. The Kier molecular flexibility index (Phi) is 6.67. The highest BCUT2D eigenvalue weighted by Gasteiger charge is 2.28. The maximum Gasteiger partial charge on any atom is 0.357 e. The minimum atomic E-state index is -1.17. The number of carbonyl (C=O) groups is 2. The van der Waals surface area contributed by atoms with Crippen LogP contribution in [0.5, 0.6) is 5.75 Å². The summed E-state index contributed by atoms with van der Waals surface area (Å²) in [6, 6.07) is 13.2. The van der Waals surface area contributed by atoms with E-state index in [-0.39, 0.29) is 30.6 Å². The highest BCUT2D eigenvalue weighted by Crippen LogP contribution is 2.22. The van der Waals surface area contributed by atoms with Crippen molar-refractivity contribution in [3.8, 4) is 5.75 Å². The minimum Gasteiger partial charge on any atom is -0.487 e. The van der Waals surface area contributed by atoms with Gasteiger partial charge in [-0.15, -0.1) is 5.10 Å². The zero-order valence-electron chi connectivity index (χ0n) is 19.1. The number of carboxylic acids is 1. The molecule has 0 saturated carbocycles. The fourth-order valence-electron chi connectivity index (χ4n) is 3.67. The molecular weight excluding hydrogens is 468 g/mol. The molecule has 5 rings (SSSR count). The first kappa shape index (κ1) is 23.2. The van der Waals surface area contributed by atoms with Gasteiger partial charge in [-0.2, -0.15) is 0 Å². The number of rotatable bonds is 8. The molecule has 1 unspecified atom stereocenters. The third kappa shape index (κ3) is 5.39. The van der Waals surface area contributed by atoms with Crippen LogP contribution in [0.1, 0.15) is 44.2 Å². The first-order valence-electron chi connectivity index (χ1n) is 11.2. The lowest BCUT2D eigenvalue weighted by Gasteiger charge is -2.31. The Hall–Kier alpha value is -4.58. The van der Waals surface area contributed by atoms with Gasteiger partial charge in [-0.25, -0.2) is 19.4 Å². The Balaban J connectivity index is 1.18. The lowest BCUT2D eigenvalue weighted by atomic mass is 10.2. The number of morpholine rings is 1. The summed E-state index contributed by atoms with van der Waals surface area (Å²) in [5.74, 6) is -0.624. The number of pyridine rings is 1. The number of nitrogens with zero attached hydrogens (tertiary/aromatic N) is 6. The fraction of sp³-hybridized carbons (Fsp3) is 0.250. The molecule has 1 aromatic carbocycles. The molecule has 1 amide bonds. The first-order chi connectivity index (χ1) is 17.5. The van der Waals surface area contributed by atoms with Gasteiger partial charge in [0.25, 0.3) is 5.91 Å². The number of hydrogen-bond donors (Lipinski definition) is 1. The number of amides is 1. The van der Waals surface area contributed by atoms with Gasteiger partial charge in [0.1, 0.15) is 42.7 Å². The molecule has 12 nitrogen and oxygen atoms in total. The van der Waals surface area contributed by atoms with E-state index in [1.807, 2.05) is 30.3 Å². The predicted molar refractivity (Wildman–Crippen MR) is 122 cm³/mol. The molecule has 4 heterocycles. The van der Waals surface area contributed by atoms with Gasteiger partial charge in [-0.05, 0) is 17.7 Å². The molecule has 3 aromatic heterocycles. The summed E-state index contributed by atoms with van der Waals surface area (Å²) in [7, 11) is 0. The van der Waals surface area contributed by atoms with E-state index in [2.05, 4.69) is 20.3 Å². The van der Waals surface area contributed by atoms with Gasteiger partial charge in [-0.1, -0.05) is 35.5 Å². The van der Waals surface area contributed by atoms with Crippen LogP contribution >= 0.6 is 0 Å². The van der Waals surface area contributed by atoms with Crippen LogP contribution in [0.4, 0.5) is 0 Å². The van der Waals surface area contributed by atoms with E-state index < -0.39 is 12.1 Å². The van der Waals surface area contributed by atoms with Gasteiger partial charge < -0.3 is 23.9 Å². The molecule has 0 bridgehead atoms. The van der Waals surface area contributed by atoms with Crippen molar-refractivity contribution in [1.29, 1.82) is 0 Å². The van der Waals surface area contributed by atoms with Crippen molar-refractivity contribution in [3.05, 3.63) is 89.7 Å². The Morgan fingerprint density at radius 1 is 1.14 bits per heavy atom. The molecule has 36 heavy (non-hydrogen) atoms. The third-order valence-electron chi connectivity index (χ3n) is 5.51. The van der Waals surface area contributed by atoms with Crippen molar-refractivity contribution in [2.75, 3.05) is 19.7 Å². The maximum atomic E-state index is 13.0. The summed E-state index contributed by atoms with van der Waals surface area (Å²) >= 11 is 0. The molecule has 1 aliphatic heterocycles. The highest BCUT2D eigenvalue weighted by molar-refractivity contribution is 5.92. The van der Waals surface area contributed by atoms with Crippen molar-refractivity contribution >= 4 is 11.9 Å². The molecule has 0 aliphatic carbocycles. The first-order valence-corrected chi connectivity index (χ1v) is 11.2. The third-order valence-corrected chi connectivity index (χ3v) is 5.51. The average molecular weight is 490 g/mol. The molecule has 1 saturated heterocycles. The number of ether oxygens (including phenoxy) is 2. The van der Waals surface area contributed by atoms with Crippen molar-refractivity contribution in [3.63, 3.8) is 0 Å². The van der Waals surface area contributed by atoms with Crippen LogP contribution in [-0.4, -0.2) is 66.5 Å². The van der Waals surface area contributed by atoms with Crippen LogP contribution < -0.4 is 4.74 Å². The standard InChI is InChI=1S/C24H22N6O6/c31-23(18-7-6-17(10-25-18)35-14-16-4-2-1-3-5-16)29-8-9-34-21(12-29)19-11-30(28-27-19)13-22-26-20(15-36-22)24(32)33/h1-7,10-11,15,21H,8-9,12-14H2,(H,32,33). The monoisotopic (exact) mass is 490 g/mol. The van der Waals surface area contributed by atoms with E-state index in [1.54, 1.807) is 23.2 Å². The number of carbonyl (C=O) groups excluding carboxylic acids is 1. The smallest absolute Gasteiger partial charge is 0.357 e. The van der Waals surface area contributed by atoms with E-state index in [1.165, 1.54) is 10.9 Å². The van der Waals surface area contributed by atoms with Gasteiger partial charge in [0, 0.05) is 6.54 Å². The summed E-state index contributed by atoms with van der Waals surface area (Å²) in [5, 5.41) is 17.1. The molecule has 1 fully saturated rings. The Morgan fingerprint density at radius 3 is 2.75 bits per heavy atom. The fourth-order valence-corrected chi connectivity index (χ4v) is 3.67. The Morgan fingerprint density at radius 2 is 2.00 bits per heavy atom. The van der Waals surface area contributed by atoms with E-state index in [9.17, 15) is 9.59 Å². The highest BCUT2D eigenvalue weighted by atomic mass is 16.5. The van der Waals surface area contributed by atoms with Crippen LogP contribution in [-0.2, 0) is 17.9 Å². The molecule has 184 valence electrons. The van der Waals surface area contributed by atoms with Gasteiger partial charge >= 0.3 is 5.97 Å². The van der Waals surface area contributed by atoms with E-state index in [0.29, 0.717) is 36.9 Å². The summed E-state index contributed by atoms with van der Waals surface area (Å²) < 4.78 is 18.2. The van der Waals surface area contributed by atoms with Crippen molar-refractivity contribution in [1.82, 2.24) is 29.9 Å². The second kappa shape index (κ2) is 10.4. The van der Waals surface area contributed by atoms with E-state index in [4.69, 9.17) is 19.0 Å². The van der Waals surface area contributed by atoms with Crippen LogP contribution in [0.15, 0.2) is 65.5 Å². The van der Waals surface area contributed by atoms with Crippen molar-refractivity contribution in [2.24, 2.45) is 0 Å². The summed E-state index contributed by atoms with van der Waals surface area (Å²) in [6.45, 7) is 1.57. The molecule has 1 atom stereocenters. The van der Waals surface area contributed by atoms with Gasteiger partial charge in [0.15, 0.2) is 5.69 Å². The lowest BCUT2D eigenvalue weighted by Crippen LogP contribution is -2.42. The Labute approximate surface area is 205 Å². The number of hydrogen-bond acceptors (Lipinski definition) is 9. The molecular formula is C24H22N6O6. The van der Waals surface area contributed by atoms with Crippen molar-refractivity contribution < 1.29 is 28.6 Å². The van der Waals surface area contributed by atoms with Crippen LogP contribution in [0.2, 0.25) is 0 Å². The maximum absolute atomic E-state index is 13.0. The van der Waals surface area contributed by atoms with Crippen LogP contribution in [0, 0.1) is 0 Å². The van der Waals surface area contributed by atoms with Gasteiger partial charge in [0.05, 0.1) is 25.5 Å². The second-order valence-electron chi connectivity index (χ2n) is 8.04. The average Bonchev–Trinajstić information content (AvgIpc) is 3.58. The van der Waals surface area contributed by atoms with Crippen LogP contribution in [0.3, 0.4) is 0 Å². The number of aromatic carboxylic acids is 1. The van der Waals surface area contributed by atoms with Gasteiger partial charge in [-0.3, -0.25) is 4.79 Å². The number of benzene rings is 1. The SMILES string of the molecule is O=C(O)c1coc(Cn2cc(C3CN(C(=O)c4ccc(OCc5ccccc5)cn4)CCO3)nn2)n1.